The van der Waals surface area contributed by atoms with Gasteiger partial charge in [-0.05, 0) is 43.0 Å². The van der Waals surface area contributed by atoms with Gasteiger partial charge in [-0.15, -0.1) is 0 Å². The molecule has 5 heteroatoms. The maximum Gasteiger partial charge on any atom is 0.150 e. The molecular weight excluding hydrogens is 314 g/mol. The van der Waals surface area contributed by atoms with Crippen LogP contribution in [-0.4, -0.2) is 19.9 Å². The number of halogens is 1. The van der Waals surface area contributed by atoms with Crippen LogP contribution < -0.4 is 5.73 Å². The van der Waals surface area contributed by atoms with Crippen LogP contribution in [0.4, 0.5) is 0 Å². The van der Waals surface area contributed by atoms with Crippen LogP contribution in [0.5, 0.6) is 0 Å². The molecule has 0 aliphatic heterocycles. The molecule has 3 nitrogen and oxygen atoms in total. The zero-order valence-corrected chi connectivity index (χ0v) is 13.2. The van der Waals surface area contributed by atoms with E-state index in [-0.39, 0.29) is 17.5 Å². The number of rotatable bonds is 6. The number of benzene rings is 1. The summed E-state index contributed by atoms with van der Waals surface area (Å²) in [6, 6.07) is 5.90. The molecule has 0 amide bonds. The summed E-state index contributed by atoms with van der Waals surface area (Å²) in [4.78, 5) is 0. The van der Waals surface area contributed by atoms with Gasteiger partial charge in [-0.2, -0.15) is 0 Å². The fraction of sp³-hybridized carbons (Fsp3) is 0.538. The second-order valence-corrected chi connectivity index (χ2v) is 7.87. The quantitative estimate of drug-likeness (QED) is 0.870. The summed E-state index contributed by atoms with van der Waals surface area (Å²) in [6.45, 7) is 3.69. The molecule has 0 aliphatic rings. The third kappa shape index (κ3) is 4.71. The van der Waals surface area contributed by atoms with E-state index in [1.165, 1.54) is 0 Å². The first-order valence-corrected chi connectivity index (χ1v) is 8.69. The lowest BCUT2D eigenvalue weighted by molar-refractivity contribution is 0.583. The van der Waals surface area contributed by atoms with E-state index in [0.29, 0.717) is 12.8 Å². The first-order chi connectivity index (χ1) is 8.35. The highest BCUT2D eigenvalue weighted by Crippen LogP contribution is 2.23. The van der Waals surface area contributed by atoms with E-state index in [1.54, 1.807) is 6.92 Å². The molecule has 1 aromatic carbocycles. The summed E-state index contributed by atoms with van der Waals surface area (Å²) in [5.74, 6) is 0.437. The molecule has 102 valence electrons. The zero-order chi connectivity index (χ0) is 13.8. The van der Waals surface area contributed by atoms with Crippen molar-refractivity contribution in [3.63, 3.8) is 0 Å². The maximum absolute atomic E-state index is 11.4. The normalized spacial score (nSPS) is 13.6. The van der Waals surface area contributed by atoms with Crippen LogP contribution in [0.1, 0.15) is 36.9 Å². The number of hydrogen-bond acceptors (Lipinski definition) is 3. The van der Waals surface area contributed by atoms with Gasteiger partial charge in [-0.25, -0.2) is 8.42 Å². The van der Waals surface area contributed by atoms with Crippen LogP contribution in [0, 0.1) is 6.92 Å². The first-order valence-electron chi connectivity index (χ1n) is 6.08. The van der Waals surface area contributed by atoms with E-state index >= 15 is 0 Å². The summed E-state index contributed by atoms with van der Waals surface area (Å²) in [6.07, 6.45) is 1.31. The third-order valence-corrected chi connectivity index (χ3v) is 5.33. The topological polar surface area (TPSA) is 60.2 Å². The fourth-order valence-corrected chi connectivity index (χ4v) is 3.25. The Labute approximate surface area is 118 Å². The molecule has 2 N–H and O–H groups in total. The van der Waals surface area contributed by atoms with E-state index < -0.39 is 9.84 Å². The minimum Gasteiger partial charge on any atom is -0.324 e. The van der Waals surface area contributed by atoms with Crippen molar-refractivity contribution < 1.29 is 8.42 Å². The van der Waals surface area contributed by atoms with Gasteiger partial charge in [0.1, 0.15) is 9.84 Å². The molecular formula is C13H20BrNO2S. The Kier molecular flexibility index (Phi) is 5.82. The van der Waals surface area contributed by atoms with Gasteiger partial charge in [0.05, 0.1) is 5.75 Å². The van der Waals surface area contributed by atoms with Gasteiger partial charge in [0.2, 0.25) is 0 Å². The van der Waals surface area contributed by atoms with Crippen molar-refractivity contribution in [3.8, 4) is 0 Å². The molecule has 0 heterocycles. The van der Waals surface area contributed by atoms with Crippen LogP contribution in [0.25, 0.3) is 0 Å². The molecule has 1 rings (SSSR count). The van der Waals surface area contributed by atoms with Gasteiger partial charge in [0.25, 0.3) is 0 Å². The molecule has 0 radical (unpaired) electrons. The lowest BCUT2D eigenvalue weighted by Crippen LogP contribution is -2.15. The summed E-state index contributed by atoms with van der Waals surface area (Å²) < 4.78 is 23.8. The summed E-state index contributed by atoms with van der Waals surface area (Å²) in [7, 11) is -2.88. The Morgan fingerprint density at radius 2 is 2.06 bits per heavy atom. The van der Waals surface area contributed by atoms with Crippen LogP contribution in [-0.2, 0) is 9.84 Å². The lowest BCUT2D eigenvalue weighted by atomic mass is 9.99. The Balaban J connectivity index is 2.58. The molecule has 1 aromatic rings. The highest BCUT2D eigenvalue weighted by atomic mass is 79.9. The second kappa shape index (κ2) is 6.68. The second-order valence-electron chi connectivity index (χ2n) is 4.49. The number of aryl methyl sites for hydroxylation is 1. The Hall–Kier alpha value is -0.390. The van der Waals surface area contributed by atoms with E-state index in [9.17, 15) is 8.42 Å². The average molecular weight is 334 g/mol. The smallest absolute Gasteiger partial charge is 0.150 e. The third-order valence-electron chi connectivity index (χ3n) is 3.04. The van der Waals surface area contributed by atoms with Crippen molar-refractivity contribution in [2.24, 2.45) is 5.73 Å². The van der Waals surface area contributed by atoms with E-state index in [1.807, 2.05) is 25.1 Å². The Morgan fingerprint density at radius 1 is 1.39 bits per heavy atom. The van der Waals surface area contributed by atoms with Gasteiger partial charge >= 0.3 is 0 Å². The molecule has 18 heavy (non-hydrogen) atoms. The van der Waals surface area contributed by atoms with Crippen molar-refractivity contribution in [3.05, 3.63) is 33.8 Å². The monoisotopic (exact) mass is 333 g/mol. The average Bonchev–Trinajstić information content (AvgIpc) is 2.28. The predicted molar refractivity (Wildman–Crippen MR) is 79.4 cm³/mol. The van der Waals surface area contributed by atoms with Crippen molar-refractivity contribution in [1.29, 1.82) is 0 Å². The molecule has 1 atom stereocenters. The fourth-order valence-electron chi connectivity index (χ4n) is 1.88. The van der Waals surface area contributed by atoms with Crippen molar-refractivity contribution >= 4 is 25.8 Å². The minimum absolute atomic E-state index is 0.0924. The highest BCUT2D eigenvalue weighted by Gasteiger charge is 2.12. The molecule has 1 unspecified atom stereocenters. The van der Waals surface area contributed by atoms with Gasteiger partial charge in [-0.1, -0.05) is 28.9 Å². The van der Waals surface area contributed by atoms with Crippen LogP contribution in [0.3, 0.4) is 0 Å². The predicted octanol–water partition coefficient (Wildman–Crippen LogP) is 2.97. The standard InChI is InChI=1S/C13H20BrNO2S/c1-3-18(16,17)8-4-5-13(15)12-7-6-11(14)9-10(12)2/h6-7,9,13H,3-5,8,15H2,1-2H3. The molecule has 0 saturated carbocycles. The van der Waals surface area contributed by atoms with E-state index in [4.69, 9.17) is 5.73 Å². The van der Waals surface area contributed by atoms with Gasteiger partial charge < -0.3 is 5.73 Å². The molecule has 0 aromatic heterocycles. The molecule has 0 aliphatic carbocycles. The Bertz CT molecular complexity index is 500. The van der Waals surface area contributed by atoms with Crippen molar-refractivity contribution in [2.45, 2.75) is 32.7 Å². The number of nitrogens with two attached hydrogens (primary N) is 1. The number of sulfone groups is 1. The first kappa shape index (κ1) is 15.7. The molecule has 0 bridgehead atoms. The van der Waals surface area contributed by atoms with Crippen molar-refractivity contribution in [2.75, 3.05) is 11.5 Å². The molecule has 0 saturated heterocycles. The summed E-state index contributed by atoms with van der Waals surface area (Å²) in [5, 5.41) is 0. The molecule has 0 spiro atoms. The lowest BCUT2D eigenvalue weighted by Gasteiger charge is -2.15. The Morgan fingerprint density at radius 3 is 2.61 bits per heavy atom. The van der Waals surface area contributed by atoms with E-state index in [2.05, 4.69) is 15.9 Å². The van der Waals surface area contributed by atoms with Gasteiger partial charge in [0.15, 0.2) is 0 Å². The van der Waals surface area contributed by atoms with Gasteiger partial charge in [-0.3, -0.25) is 0 Å². The van der Waals surface area contributed by atoms with Crippen LogP contribution in [0.15, 0.2) is 22.7 Å². The van der Waals surface area contributed by atoms with Crippen LogP contribution in [0.2, 0.25) is 0 Å². The minimum atomic E-state index is -2.88. The van der Waals surface area contributed by atoms with Gasteiger partial charge in [0, 0.05) is 16.3 Å². The highest BCUT2D eigenvalue weighted by molar-refractivity contribution is 9.10. The number of hydrogen-bond donors (Lipinski definition) is 1. The summed E-state index contributed by atoms with van der Waals surface area (Å²) >= 11 is 3.41. The zero-order valence-electron chi connectivity index (χ0n) is 10.8. The maximum atomic E-state index is 11.4. The van der Waals surface area contributed by atoms with Crippen LogP contribution >= 0.6 is 15.9 Å². The van der Waals surface area contributed by atoms with Crippen molar-refractivity contribution in [1.82, 2.24) is 0 Å². The molecule has 0 fully saturated rings. The largest absolute Gasteiger partial charge is 0.324 e. The summed E-state index contributed by atoms with van der Waals surface area (Å²) in [5.41, 5.74) is 8.33. The SMILES string of the molecule is CCS(=O)(=O)CCCC(N)c1ccc(Br)cc1C. The van der Waals surface area contributed by atoms with E-state index in [0.717, 1.165) is 15.6 Å².